The summed E-state index contributed by atoms with van der Waals surface area (Å²) >= 11 is 0. The van der Waals surface area contributed by atoms with E-state index in [1.54, 1.807) is 0 Å². The van der Waals surface area contributed by atoms with E-state index in [4.69, 9.17) is 0 Å². The van der Waals surface area contributed by atoms with Crippen molar-refractivity contribution in [3.05, 3.63) is 65.6 Å². The fraction of sp³-hybridized carbons (Fsp3) is 0.350. The van der Waals surface area contributed by atoms with Crippen LogP contribution in [-0.4, -0.2) is 38.5 Å². The van der Waals surface area contributed by atoms with Crippen molar-refractivity contribution in [2.75, 3.05) is 13.1 Å². The van der Waals surface area contributed by atoms with Gasteiger partial charge in [0.1, 0.15) is 5.82 Å². The zero-order chi connectivity index (χ0) is 17.2. The van der Waals surface area contributed by atoms with Crippen molar-refractivity contribution in [1.82, 2.24) is 19.5 Å². The average molecular weight is 334 g/mol. The van der Waals surface area contributed by atoms with Gasteiger partial charge in [0, 0.05) is 25.2 Å². The Morgan fingerprint density at radius 3 is 2.76 bits per heavy atom. The van der Waals surface area contributed by atoms with Gasteiger partial charge in [-0.05, 0) is 37.5 Å². The van der Waals surface area contributed by atoms with Crippen molar-refractivity contribution < 1.29 is 4.79 Å². The molecule has 0 bridgehead atoms. The molecule has 0 aliphatic carbocycles. The lowest BCUT2D eigenvalue weighted by molar-refractivity contribution is -0.131. The van der Waals surface area contributed by atoms with Crippen LogP contribution in [0.25, 0.3) is 5.65 Å². The third-order valence-electron chi connectivity index (χ3n) is 4.99. The third kappa shape index (κ3) is 3.27. The molecule has 4 rings (SSSR count). The maximum atomic E-state index is 12.6. The smallest absolute Gasteiger partial charge is 0.226 e. The van der Waals surface area contributed by atoms with E-state index in [2.05, 4.69) is 33.7 Å². The van der Waals surface area contributed by atoms with Crippen molar-refractivity contribution in [3.8, 4) is 0 Å². The van der Waals surface area contributed by atoms with Gasteiger partial charge in [0.25, 0.3) is 0 Å². The number of hydrogen-bond donors (Lipinski definition) is 0. The molecule has 5 nitrogen and oxygen atoms in total. The molecule has 0 atom stereocenters. The summed E-state index contributed by atoms with van der Waals surface area (Å²) < 4.78 is 2.06. The number of benzene rings is 1. The molecule has 1 fully saturated rings. The predicted molar refractivity (Wildman–Crippen MR) is 96.4 cm³/mol. The highest BCUT2D eigenvalue weighted by Gasteiger charge is 2.26. The molecule has 3 heterocycles. The first kappa shape index (κ1) is 15.8. The van der Waals surface area contributed by atoms with Gasteiger partial charge in [-0.15, -0.1) is 10.2 Å². The summed E-state index contributed by atoms with van der Waals surface area (Å²) in [6.45, 7) is 3.64. The molecule has 0 N–H and O–H groups in total. The van der Waals surface area contributed by atoms with Gasteiger partial charge in [0.05, 0.1) is 6.42 Å². The quantitative estimate of drug-likeness (QED) is 0.740. The number of aryl methyl sites for hydroxylation is 1. The number of likely N-dealkylation sites (tertiary alicyclic amines) is 1. The number of aromatic nitrogens is 3. The Kier molecular flexibility index (Phi) is 4.22. The largest absolute Gasteiger partial charge is 0.342 e. The van der Waals surface area contributed by atoms with E-state index >= 15 is 0 Å². The Bertz CT molecular complexity index is 893. The molecule has 3 aromatic rings. The summed E-state index contributed by atoms with van der Waals surface area (Å²) in [4.78, 5) is 14.6. The van der Waals surface area contributed by atoms with Crippen molar-refractivity contribution in [2.45, 2.75) is 32.1 Å². The molecule has 25 heavy (non-hydrogen) atoms. The summed E-state index contributed by atoms with van der Waals surface area (Å²) in [7, 11) is 0. The molecule has 0 unspecified atom stereocenters. The van der Waals surface area contributed by atoms with Crippen LogP contribution in [0.1, 0.15) is 35.7 Å². The highest BCUT2D eigenvalue weighted by Crippen LogP contribution is 2.27. The van der Waals surface area contributed by atoms with E-state index in [0.717, 1.165) is 43.0 Å². The number of piperidine rings is 1. The van der Waals surface area contributed by atoms with Crippen molar-refractivity contribution >= 4 is 11.6 Å². The normalized spacial score (nSPS) is 15.6. The zero-order valence-electron chi connectivity index (χ0n) is 14.4. The number of nitrogens with zero attached hydrogens (tertiary/aromatic N) is 4. The molecular weight excluding hydrogens is 312 g/mol. The maximum Gasteiger partial charge on any atom is 0.226 e. The zero-order valence-corrected chi connectivity index (χ0v) is 14.4. The summed E-state index contributed by atoms with van der Waals surface area (Å²) in [6.07, 6.45) is 4.38. The highest BCUT2D eigenvalue weighted by atomic mass is 16.2. The number of carbonyl (C=O) groups excluding carboxylic acids is 1. The number of fused-ring (bicyclic) bond motifs is 1. The second kappa shape index (κ2) is 6.67. The molecule has 1 saturated heterocycles. The minimum Gasteiger partial charge on any atom is -0.342 e. The van der Waals surface area contributed by atoms with Crippen LogP contribution < -0.4 is 0 Å². The number of hydrogen-bond acceptors (Lipinski definition) is 3. The van der Waals surface area contributed by atoms with Crippen LogP contribution in [0.5, 0.6) is 0 Å². The molecule has 1 aromatic carbocycles. The van der Waals surface area contributed by atoms with E-state index in [1.165, 1.54) is 5.56 Å². The first-order valence-electron chi connectivity index (χ1n) is 8.84. The molecule has 2 aromatic heterocycles. The highest BCUT2D eigenvalue weighted by molar-refractivity contribution is 5.79. The number of carbonyl (C=O) groups is 1. The number of amides is 1. The molecule has 1 aliphatic heterocycles. The molecule has 0 saturated carbocycles. The van der Waals surface area contributed by atoms with Gasteiger partial charge in [-0.2, -0.15) is 0 Å². The Balaban J connectivity index is 1.40. The fourth-order valence-electron chi connectivity index (χ4n) is 3.63. The van der Waals surface area contributed by atoms with Gasteiger partial charge < -0.3 is 4.90 Å². The standard InChI is InChI=1S/C20H22N4O/c1-15-5-4-6-16(13-15)14-19(25)23-11-8-17(9-12-23)20-22-21-18-7-2-3-10-24(18)20/h2-7,10,13,17H,8-9,11-12,14H2,1H3. The van der Waals surface area contributed by atoms with Crippen LogP contribution >= 0.6 is 0 Å². The van der Waals surface area contributed by atoms with Crippen LogP contribution in [0.15, 0.2) is 48.7 Å². The van der Waals surface area contributed by atoms with Crippen LogP contribution in [0, 0.1) is 6.92 Å². The van der Waals surface area contributed by atoms with E-state index < -0.39 is 0 Å². The summed E-state index contributed by atoms with van der Waals surface area (Å²) in [5.74, 6) is 1.59. The lowest BCUT2D eigenvalue weighted by atomic mass is 9.95. The van der Waals surface area contributed by atoms with Gasteiger partial charge in [0.2, 0.25) is 5.91 Å². The Morgan fingerprint density at radius 1 is 1.12 bits per heavy atom. The molecule has 0 spiro atoms. The van der Waals surface area contributed by atoms with Crippen molar-refractivity contribution in [2.24, 2.45) is 0 Å². The minimum atomic E-state index is 0.218. The summed E-state index contributed by atoms with van der Waals surface area (Å²) in [5, 5.41) is 8.62. The van der Waals surface area contributed by atoms with Gasteiger partial charge in [0.15, 0.2) is 5.65 Å². The molecule has 5 heteroatoms. The predicted octanol–water partition coefficient (Wildman–Crippen LogP) is 2.99. The number of rotatable bonds is 3. The van der Waals surface area contributed by atoms with Crippen LogP contribution in [0.4, 0.5) is 0 Å². The van der Waals surface area contributed by atoms with E-state index in [1.807, 2.05) is 41.4 Å². The van der Waals surface area contributed by atoms with E-state index in [0.29, 0.717) is 12.3 Å². The topological polar surface area (TPSA) is 50.5 Å². The summed E-state index contributed by atoms with van der Waals surface area (Å²) in [6, 6.07) is 14.1. The van der Waals surface area contributed by atoms with Gasteiger partial charge in [-0.3, -0.25) is 9.20 Å². The first-order valence-corrected chi connectivity index (χ1v) is 8.84. The van der Waals surface area contributed by atoms with Gasteiger partial charge >= 0.3 is 0 Å². The summed E-state index contributed by atoms with van der Waals surface area (Å²) in [5.41, 5.74) is 3.17. The molecule has 1 amide bonds. The monoisotopic (exact) mass is 334 g/mol. The van der Waals surface area contributed by atoms with Crippen molar-refractivity contribution in [1.29, 1.82) is 0 Å². The third-order valence-corrected chi connectivity index (χ3v) is 4.99. The van der Waals surface area contributed by atoms with E-state index in [9.17, 15) is 4.79 Å². The Morgan fingerprint density at radius 2 is 1.96 bits per heavy atom. The van der Waals surface area contributed by atoms with Crippen LogP contribution in [-0.2, 0) is 11.2 Å². The minimum absolute atomic E-state index is 0.218. The van der Waals surface area contributed by atoms with Gasteiger partial charge in [-0.25, -0.2) is 0 Å². The Labute approximate surface area is 147 Å². The lowest BCUT2D eigenvalue weighted by Gasteiger charge is -2.31. The van der Waals surface area contributed by atoms with E-state index in [-0.39, 0.29) is 5.91 Å². The molecule has 0 radical (unpaired) electrons. The molecule has 128 valence electrons. The lowest BCUT2D eigenvalue weighted by Crippen LogP contribution is -2.39. The number of pyridine rings is 1. The van der Waals surface area contributed by atoms with Gasteiger partial charge in [-0.1, -0.05) is 35.9 Å². The second-order valence-corrected chi connectivity index (χ2v) is 6.81. The van der Waals surface area contributed by atoms with Crippen LogP contribution in [0.2, 0.25) is 0 Å². The van der Waals surface area contributed by atoms with Crippen molar-refractivity contribution in [3.63, 3.8) is 0 Å². The second-order valence-electron chi connectivity index (χ2n) is 6.81. The fourth-order valence-corrected chi connectivity index (χ4v) is 3.63. The molecule has 1 aliphatic rings. The first-order chi connectivity index (χ1) is 12.2. The maximum absolute atomic E-state index is 12.6. The van der Waals surface area contributed by atoms with Crippen LogP contribution in [0.3, 0.4) is 0 Å². The molecular formula is C20H22N4O. The SMILES string of the molecule is Cc1cccc(CC(=O)N2CCC(c3nnc4ccccn34)CC2)c1. The Hall–Kier alpha value is -2.69. The average Bonchev–Trinajstić information content (AvgIpc) is 3.06.